The van der Waals surface area contributed by atoms with E-state index in [2.05, 4.69) is 20.4 Å². The van der Waals surface area contributed by atoms with E-state index in [1.54, 1.807) is 18.5 Å². The summed E-state index contributed by atoms with van der Waals surface area (Å²) in [6.07, 6.45) is 0.859. The third-order valence-electron chi connectivity index (χ3n) is 4.53. The van der Waals surface area contributed by atoms with Gasteiger partial charge in [0.15, 0.2) is 0 Å². The van der Waals surface area contributed by atoms with Crippen LogP contribution in [0.25, 0.3) is 5.95 Å². The Hall–Kier alpha value is -2.28. The summed E-state index contributed by atoms with van der Waals surface area (Å²) in [5, 5.41) is 17.6. The summed E-state index contributed by atoms with van der Waals surface area (Å²) in [7, 11) is 0. The fourth-order valence-corrected chi connectivity index (χ4v) is 3.11. The summed E-state index contributed by atoms with van der Waals surface area (Å²) >= 11 is 0. The molecule has 0 bridgehead atoms. The van der Waals surface area contributed by atoms with E-state index in [0.717, 1.165) is 28.3 Å². The van der Waals surface area contributed by atoms with Crippen LogP contribution in [-0.2, 0) is 11.2 Å². The van der Waals surface area contributed by atoms with Crippen molar-refractivity contribution in [3.05, 3.63) is 34.4 Å². The SMILES string of the molecule is CCC(NC(=O)Cc1c(C)nn(-c2nc(C)cc(C)n2)c1C)C(C)(C)O. The number of aryl methyl sites for hydroxylation is 3. The lowest BCUT2D eigenvalue weighted by atomic mass is 9.96. The van der Waals surface area contributed by atoms with Gasteiger partial charge in [-0.05, 0) is 54.0 Å². The number of aliphatic hydroxyl groups is 1. The fraction of sp³-hybridized carbons (Fsp3) is 0.579. The number of carbonyl (C=O) groups excluding carboxylic acids is 1. The normalized spacial score (nSPS) is 12.9. The van der Waals surface area contributed by atoms with Crippen LogP contribution in [-0.4, -0.2) is 42.4 Å². The Bertz CT molecular complexity index is 785. The van der Waals surface area contributed by atoms with E-state index in [-0.39, 0.29) is 18.4 Å². The molecule has 1 amide bonds. The lowest BCUT2D eigenvalue weighted by molar-refractivity contribution is -0.123. The van der Waals surface area contributed by atoms with Crippen LogP contribution >= 0.6 is 0 Å². The lowest BCUT2D eigenvalue weighted by Crippen LogP contribution is -2.49. The molecule has 0 spiro atoms. The molecule has 2 aromatic heterocycles. The number of hydrogen-bond donors (Lipinski definition) is 2. The van der Waals surface area contributed by atoms with E-state index in [4.69, 9.17) is 0 Å². The highest BCUT2D eigenvalue weighted by Gasteiger charge is 2.27. The maximum absolute atomic E-state index is 12.5. The van der Waals surface area contributed by atoms with Gasteiger partial charge in [-0.3, -0.25) is 4.79 Å². The zero-order valence-electron chi connectivity index (χ0n) is 16.7. The van der Waals surface area contributed by atoms with E-state index in [1.165, 1.54) is 0 Å². The fourth-order valence-electron chi connectivity index (χ4n) is 3.11. The number of nitrogens with one attached hydrogen (secondary N) is 1. The van der Waals surface area contributed by atoms with Crippen molar-refractivity contribution in [1.29, 1.82) is 0 Å². The summed E-state index contributed by atoms with van der Waals surface area (Å²) < 4.78 is 1.69. The zero-order chi connectivity index (χ0) is 19.6. The molecular formula is C19H29N5O2. The summed E-state index contributed by atoms with van der Waals surface area (Å²) in [4.78, 5) is 21.4. The smallest absolute Gasteiger partial charge is 0.251 e. The highest BCUT2D eigenvalue weighted by atomic mass is 16.3. The van der Waals surface area contributed by atoms with Gasteiger partial charge in [-0.15, -0.1) is 0 Å². The molecule has 0 aromatic carbocycles. The summed E-state index contributed by atoms with van der Waals surface area (Å²) in [6.45, 7) is 13.0. The molecule has 1 atom stereocenters. The Kier molecular flexibility index (Phi) is 5.81. The second-order valence-electron chi connectivity index (χ2n) is 7.37. The van der Waals surface area contributed by atoms with Gasteiger partial charge in [-0.1, -0.05) is 6.92 Å². The molecule has 142 valence electrons. The first kappa shape index (κ1) is 20.0. The Morgan fingerprint density at radius 1 is 1.23 bits per heavy atom. The van der Waals surface area contributed by atoms with Gasteiger partial charge in [0, 0.05) is 22.6 Å². The van der Waals surface area contributed by atoms with Crippen LogP contribution in [0.3, 0.4) is 0 Å². The van der Waals surface area contributed by atoms with Crippen LogP contribution in [0.4, 0.5) is 0 Å². The number of nitrogens with zero attached hydrogens (tertiary/aromatic N) is 4. The first-order chi connectivity index (χ1) is 12.0. The molecule has 0 saturated carbocycles. The van der Waals surface area contributed by atoms with Crippen molar-refractivity contribution in [2.24, 2.45) is 0 Å². The molecule has 0 aliphatic heterocycles. The van der Waals surface area contributed by atoms with E-state index in [9.17, 15) is 9.90 Å². The number of amides is 1. The molecule has 0 radical (unpaired) electrons. The van der Waals surface area contributed by atoms with Gasteiger partial charge >= 0.3 is 0 Å². The molecule has 0 saturated heterocycles. The second-order valence-corrected chi connectivity index (χ2v) is 7.37. The van der Waals surface area contributed by atoms with Crippen molar-refractivity contribution >= 4 is 5.91 Å². The summed E-state index contributed by atoms with van der Waals surface area (Å²) in [5.41, 5.74) is 3.25. The molecule has 7 heteroatoms. The predicted molar refractivity (Wildman–Crippen MR) is 100 cm³/mol. The third kappa shape index (κ3) is 4.46. The second kappa shape index (κ2) is 7.53. The van der Waals surface area contributed by atoms with Crippen LogP contribution in [0.1, 0.15) is 55.5 Å². The topological polar surface area (TPSA) is 92.9 Å². The minimum Gasteiger partial charge on any atom is -0.388 e. The lowest BCUT2D eigenvalue weighted by Gasteiger charge is -2.29. The molecule has 2 rings (SSSR count). The van der Waals surface area contributed by atoms with Gasteiger partial charge < -0.3 is 10.4 Å². The van der Waals surface area contributed by atoms with Crippen molar-refractivity contribution in [2.75, 3.05) is 0 Å². The minimum atomic E-state index is -0.967. The number of carbonyl (C=O) groups is 1. The van der Waals surface area contributed by atoms with Crippen LogP contribution in [0.15, 0.2) is 6.07 Å². The molecule has 2 heterocycles. The Balaban J connectivity index is 2.26. The van der Waals surface area contributed by atoms with Crippen LogP contribution < -0.4 is 5.32 Å². The molecule has 0 aliphatic carbocycles. The van der Waals surface area contributed by atoms with Crippen LogP contribution in [0.5, 0.6) is 0 Å². The van der Waals surface area contributed by atoms with Crippen LogP contribution in [0.2, 0.25) is 0 Å². The molecule has 0 fully saturated rings. The van der Waals surface area contributed by atoms with Gasteiger partial charge in [0.05, 0.1) is 23.8 Å². The quantitative estimate of drug-likeness (QED) is 0.824. The summed E-state index contributed by atoms with van der Waals surface area (Å²) in [5.74, 6) is 0.378. The zero-order valence-corrected chi connectivity index (χ0v) is 16.7. The van der Waals surface area contributed by atoms with Crippen molar-refractivity contribution < 1.29 is 9.90 Å². The van der Waals surface area contributed by atoms with Gasteiger partial charge in [0.2, 0.25) is 5.91 Å². The Morgan fingerprint density at radius 3 is 2.31 bits per heavy atom. The maximum Gasteiger partial charge on any atom is 0.251 e. The average Bonchev–Trinajstić information content (AvgIpc) is 2.78. The molecule has 2 N–H and O–H groups in total. The largest absolute Gasteiger partial charge is 0.388 e. The average molecular weight is 359 g/mol. The Labute approximate surface area is 154 Å². The number of rotatable bonds is 6. The molecule has 0 aliphatic rings. The van der Waals surface area contributed by atoms with E-state index in [0.29, 0.717) is 12.4 Å². The van der Waals surface area contributed by atoms with Gasteiger partial charge in [0.1, 0.15) is 0 Å². The van der Waals surface area contributed by atoms with Gasteiger partial charge in [0.25, 0.3) is 5.95 Å². The number of hydrogen-bond acceptors (Lipinski definition) is 5. The molecule has 7 nitrogen and oxygen atoms in total. The minimum absolute atomic E-state index is 0.133. The van der Waals surface area contributed by atoms with Crippen molar-refractivity contribution in [1.82, 2.24) is 25.1 Å². The van der Waals surface area contributed by atoms with Crippen molar-refractivity contribution in [3.8, 4) is 5.95 Å². The molecule has 2 aromatic rings. The van der Waals surface area contributed by atoms with Gasteiger partial charge in [-0.25, -0.2) is 14.6 Å². The Morgan fingerprint density at radius 2 is 1.81 bits per heavy atom. The molecule has 26 heavy (non-hydrogen) atoms. The van der Waals surface area contributed by atoms with Crippen molar-refractivity contribution in [3.63, 3.8) is 0 Å². The summed E-state index contributed by atoms with van der Waals surface area (Å²) in [6, 6.07) is 1.61. The third-order valence-corrected chi connectivity index (χ3v) is 4.53. The van der Waals surface area contributed by atoms with Crippen LogP contribution in [0, 0.1) is 27.7 Å². The maximum atomic E-state index is 12.5. The highest BCUT2D eigenvalue weighted by molar-refractivity contribution is 5.79. The first-order valence-electron chi connectivity index (χ1n) is 8.92. The molecule has 1 unspecified atom stereocenters. The van der Waals surface area contributed by atoms with E-state index < -0.39 is 5.60 Å². The predicted octanol–water partition coefficient (Wildman–Crippen LogP) is 2.10. The number of aromatic nitrogens is 4. The van der Waals surface area contributed by atoms with E-state index >= 15 is 0 Å². The highest BCUT2D eigenvalue weighted by Crippen LogP contribution is 2.18. The standard InChI is InChI=1S/C19H29N5O2/c1-8-16(19(6,7)26)22-17(25)10-15-13(4)23-24(14(15)5)18-20-11(2)9-12(3)21-18/h9,16,26H,8,10H2,1-7H3,(H,22,25). The monoisotopic (exact) mass is 359 g/mol. The van der Waals surface area contributed by atoms with Gasteiger partial charge in [-0.2, -0.15) is 5.10 Å². The first-order valence-corrected chi connectivity index (χ1v) is 8.92. The van der Waals surface area contributed by atoms with E-state index in [1.807, 2.05) is 40.7 Å². The van der Waals surface area contributed by atoms with Crippen molar-refractivity contribution in [2.45, 2.75) is 73.0 Å². The molecular weight excluding hydrogens is 330 g/mol.